The van der Waals surface area contributed by atoms with Crippen LogP contribution in [0.25, 0.3) is 0 Å². The molecule has 1 saturated heterocycles. The first kappa shape index (κ1) is 10.8. The summed E-state index contributed by atoms with van der Waals surface area (Å²) in [5.74, 6) is 1.54. The second-order valence-corrected chi connectivity index (χ2v) is 6.04. The van der Waals surface area contributed by atoms with Gasteiger partial charge in [-0.3, -0.25) is 4.79 Å². The molecular weight excluding hydrogens is 198 g/mol. The van der Waals surface area contributed by atoms with Gasteiger partial charge >= 0.3 is 0 Å². The summed E-state index contributed by atoms with van der Waals surface area (Å²) in [7, 11) is 0. The summed E-state index contributed by atoms with van der Waals surface area (Å²) in [4.78, 5) is 14.0. The molecule has 0 aromatic carbocycles. The van der Waals surface area contributed by atoms with Crippen LogP contribution in [0, 0.1) is 11.8 Å². The molecule has 90 valence electrons. The molecule has 0 radical (unpaired) electrons. The van der Waals surface area contributed by atoms with E-state index in [1.807, 2.05) is 0 Å². The van der Waals surface area contributed by atoms with E-state index in [9.17, 15) is 4.79 Å². The van der Waals surface area contributed by atoms with E-state index < -0.39 is 0 Å². The molecule has 0 aromatic rings. The Morgan fingerprint density at radius 3 is 2.50 bits per heavy atom. The third kappa shape index (κ3) is 1.81. The minimum Gasteiger partial charge on any atom is -0.332 e. The molecule has 0 amide bonds. The van der Waals surface area contributed by atoms with Gasteiger partial charge in [0, 0.05) is 12.3 Å². The molecule has 1 heterocycles. The average molecular weight is 222 g/mol. The van der Waals surface area contributed by atoms with E-state index in [2.05, 4.69) is 0 Å². The van der Waals surface area contributed by atoms with Crippen molar-refractivity contribution in [3.63, 3.8) is 0 Å². The minimum atomic E-state index is 0.445. The molecule has 2 nitrogen and oxygen atoms in total. The number of hydrogen-bond acceptors (Lipinski definition) is 1. The maximum atomic E-state index is 12.2. The van der Waals surface area contributed by atoms with Crippen molar-refractivity contribution in [2.24, 2.45) is 11.8 Å². The number of fused-ring (bicyclic) bond motifs is 2. The number of hydrogen-bond donors (Lipinski definition) is 1. The first-order valence-electron chi connectivity index (χ1n) is 7.24. The standard InChI is InChI=1S/C14H23NO/c16-14-11-5-4-6-12(14)13(8-7-11)15-9-2-1-3-10-15/h11-13H,1-10H2/p+1/t11-,12+,13+/m1/s1. The lowest BCUT2D eigenvalue weighted by molar-refractivity contribution is -0.933. The van der Waals surface area contributed by atoms with E-state index in [1.165, 1.54) is 64.5 Å². The Balaban J connectivity index is 1.72. The number of nitrogens with one attached hydrogen (secondary N) is 1. The van der Waals surface area contributed by atoms with Crippen LogP contribution in [-0.2, 0) is 4.79 Å². The molecule has 3 rings (SSSR count). The largest absolute Gasteiger partial charge is 0.332 e. The lowest BCUT2D eigenvalue weighted by Crippen LogP contribution is -3.17. The van der Waals surface area contributed by atoms with E-state index >= 15 is 0 Å². The molecule has 1 N–H and O–H groups in total. The molecule has 0 aromatic heterocycles. The molecule has 0 spiro atoms. The Morgan fingerprint density at radius 2 is 1.69 bits per heavy atom. The van der Waals surface area contributed by atoms with Crippen molar-refractivity contribution in [3.8, 4) is 0 Å². The van der Waals surface area contributed by atoms with Gasteiger partial charge in [0.05, 0.1) is 25.0 Å². The van der Waals surface area contributed by atoms with Gasteiger partial charge in [-0.1, -0.05) is 6.42 Å². The fourth-order valence-corrected chi connectivity index (χ4v) is 4.30. The highest BCUT2D eigenvalue weighted by Gasteiger charge is 2.45. The smallest absolute Gasteiger partial charge is 0.144 e. The monoisotopic (exact) mass is 222 g/mol. The van der Waals surface area contributed by atoms with Crippen LogP contribution in [0.3, 0.4) is 0 Å². The number of rotatable bonds is 1. The Bertz CT molecular complexity index is 270. The Kier molecular flexibility index (Phi) is 3.01. The van der Waals surface area contributed by atoms with Gasteiger partial charge in [-0.05, 0) is 38.5 Å². The topological polar surface area (TPSA) is 21.5 Å². The van der Waals surface area contributed by atoms with E-state index in [0.29, 0.717) is 23.7 Å². The third-order valence-electron chi connectivity index (χ3n) is 5.17. The quantitative estimate of drug-likeness (QED) is 0.707. The number of likely N-dealkylation sites (tertiary alicyclic amines) is 1. The highest BCUT2D eigenvalue weighted by Crippen LogP contribution is 2.36. The second kappa shape index (κ2) is 4.48. The Morgan fingerprint density at radius 1 is 0.875 bits per heavy atom. The lowest BCUT2D eigenvalue weighted by Gasteiger charge is -2.43. The van der Waals surface area contributed by atoms with Crippen molar-refractivity contribution in [3.05, 3.63) is 0 Å². The van der Waals surface area contributed by atoms with Gasteiger partial charge in [-0.15, -0.1) is 0 Å². The van der Waals surface area contributed by atoms with Gasteiger partial charge in [0.1, 0.15) is 5.78 Å². The molecule has 3 fully saturated rings. The Hall–Kier alpha value is -0.370. The molecule has 2 bridgehead atoms. The van der Waals surface area contributed by atoms with E-state index in [0.717, 1.165) is 0 Å². The fraction of sp³-hybridized carbons (Fsp3) is 0.929. The van der Waals surface area contributed by atoms with Gasteiger partial charge < -0.3 is 4.90 Å². The van der Waals surface area contributed by atoms with E-state index in [-0.39, 0.29) is 0 Å². The number of carbonyl (C=O) groups is 1. The van der Waals surface area contributed by atoms with Crippen molar-refractivity contribution in [1.29, 1.82) is 0 Å². The molecule has 2 aliphatic carbocycles. The molecule has 2 saturated carbocycles. The zero-order chi connectivity index (χ0) is 11.0. The van der Waals surface area contributed by atoms with Crippen LogP contribution in [0.4, 0.5) is 0 Å². The van der Waals surface area contributed by atoms with Crippen molar-refractivity contribution >= 4 is 5.78 Å². The normalized spacial score (nSPS) is 41.0. The average Bonchev–Trinajstić information content (AvgIpc) is 2.30. The van der Waals surface area contributed by atoms with Gasteiger partial charge in [-0.25, -0.2) is 0 Å². The summed E-state index contributed by atoms with van der Waals surface area (Å²) in [6.45, 7) is 2.66. The fourth-order valence-electron chi connectivity index (χ4n) is 4.30. The summed E-state index contributed by atoms with van der Waals surface area (Å²) in [5.41, 5.74) is 0. The maximum absolute atomic E-state index is 12.2. The molecule has 0 unspecified atom stereocenters. The second-order valence-electron chi connectivity index (χ2n) is 6.04. The van der Waals surface area contributed by atoms with Crippen LogP contribution >= 0.6 is 0 Å². The van der Waals surface area contributed by atoms with Crippen molar-refractivity contribution < 1.29 is 9.69 Å². The van der Waals surface area contributed by atoms with Gasteiger partial charge in [0.15, 0.2) is 0 Å². The summed E-state index contributed by atoms with van der Waals surface area (Å²) >= 11 is 0. The predicted molar refractivity (Wildman–Crippen MR) is 63.4 cm³/mol. The van der Waals surface area contributed by atoms with Crippen LogP contribution in [-0.4, -0.2) is 24.9 Å². The number of Topliss-reactive ketones (excluding diaryl/α,β-unsaturated/α-hetero) is 1. The highest BCUT2D eigenvalue weighted by atomic mass is 16.1. The van der Waals surface area contributed by atoms with Crippen LogP contribution < -0.4 is 4.90 Å². The minimum absolute atomic E-state index is 0.445. The van der Waals surface area contributed by atoms with E-state index in [4.69, 9.17) is 0 Å². The summed E-state index contributed by atoms with van der Waals surface area (Å²) < 4.78 is 0. The van der Waals surface area contributed by atoms with Gasteiger partial charge in [0.2, 0.25) is 0 Å². The Labute approximate surface area is 98.4 Å². The van der Waals surface area contributed by atoms with Crippen LogP contribution in [0.15, 0.2) is 0 Å². The maximum Gasteiger partial charge on any atom is 0.144 e. The number of piperidine rings is 1. The molecule has 16 heavy (non-hydrogen) atoms. The molecule has 2 heteroatoms. The predicted octanol–water partition coefficient (Wildman–Crippen LogP) is 1.20. The third-order valence-corrected chi connectivity index (χ3v) is 5.17. The SMILES string of the molecule is O=C1[C@@H]2CCC[C@H]1[C@@H]([NH+]1CCCCC1)CC2. The molecule has 3 aliphatic rings. The molecule has 3 atom stereocenters. The molecular formula is C14H24NO+. The van der Waals surface area contributed by atoms with Crippen molar-refractivity contribution in [1.82, 2.24) is 0 Å². The summed E-state index contributed by atoms with van der Waals surface area (Å²) in [5, 5.41) is 0. The van der Waals surface area contributed by atoms with Gasteiger partial charge in [-0.2, -0.15) is 0 Å². The van der Waals surface area contributed by atoms with Crippen molar-refractivity contribution in [2.75, 3.05) is 13.1 Å². The van der Waals surface area contributed by atoms with Crippen LogP contribution in [0.1, 0.15) is 51.4 Å². The van der Waals surface area contributed by atoms with Crippen LogP contribution in [0.2, 0.25) is 0 Å². The van der Waals surface area contributed by atoms with Gasteiger partial charge in [0.25, 0.3) is 0 Å². The number of carbonyl (C=O) groups excluding carboxylic acids is 1. The van der Waals surface area contributed by atoms with Crippen molar-refractivity contribution in [2.45, 2.75) is 57.4 Å². The first-order valence-corrected chi connectivity index (χ1v) is 7.24. The summed E-state index contributed by atoms with van der Waals surface area (Å²) in [6.07, 6.45) is 10.4. The zero-order valence-electron chi connectivity index (χ0n) is 10.2. The number of quaternary nitrogens is 1. The van der Waals surface area contributed by atoms with Crippen LogP contribution in [0.5, 0.6) is 0 Å². The highest BCUT2D eigenvalue weighted by molar-refractivity contribution is 5.85. The van der Waals surface area contributed by atoms with E-state index in [1.54, 1.807) is 4.90 Å². The number of ketones is 1. The first-order chi connectivity index (χ1) is 7.86. The zero-order valence-corrected chi connectivity index (χ0v) is 10.2. The molecule has 1 aliphatic heterocycles. The summed E-state index contributed by atoms with van der Waals surface area (Å²) in [6, 6.07) is 0.698. The lowest BCUT2D eigenvalue weighted by atomic mass is 9.68.